The number of carboxylic acids is 1. The quantitative estimate of drug-likeness (QED) is 0.748. The lowest BCUT2D eigenvalue weighted by atomic mass is 9.86. The third-order valence-electron chi connectivity index (χ3n) is 5.35. The number of hydrogen-bond acceptors (Lipinski definition) is 3. The maximum atomic E-state index is 12.1. The lowest BCUT2D eigenvalue weighted by Crippen LogP contribution is -2.38. The summed E-state index contributed by atoms with van der Waals surface area (Å²) < 4.78 is 5.30. The lowest BCUT2D eigenvalue weighted by Gasteiger charge is -2.27. The second-order valence-electron chi connectivity index (χ2n) is 7.23. The highest BCUT2D eigenvalue weighted by atomic mass is 16.5. The molecule has 0 aliphatic carbocycles. The van der Waals surface area contributed by atoms with E-state index in [4.69, 9.17) is 4.74 Å². The molecule has 1 aliphatic rings. The zero-order valence-corrected chi connectivity index (χ0v) is 15.5. The molecule has 2 aromatic rings. The summed E-state index contributed by atoms with van der Waals surface area (Å²) >= 11 is 0. The zero-order chi connectivity index (χ0) is 19.1. The van der Waals surface area contributed by atoms with Gasteiger partial charge in [-0.1, -0.05) is 42.5 Å². The van der Waals surface area contributed by atoms with Crippen molar-refractivity contribution < 1.29 is 19.4 Å². The van der Waals surface area contributed by atoms with Gasteiger partial charge in [0.2, 0.25) is 5.91 Å². The van der Waals surface area contributed by atoms with E-state index in [9.17, 15) is 14.7 Å². The van der Waals surface area contributed by atoms with Gasteiger partial charge in [0.05, 0.1) is 5.92 Å². The minimum Gasteiger partial charge on any atom is -0.481 e. The highest BCUT2D eigenvalue weighted by Crippen LogP contribution is 2.24. The first kappa shape index (κ1) is 19.4. The van der Waals surface area contributed by atoms with E-state index in [0.29, 0.717) is 19.6 Å². The summed E-state index contributed by atoms with van der Waals surface area (Å²) in [7, 11) is 0. The Morgan fingerprint density at radius 2 is 1.85 bits per heavy atom. The predicted molar refractivity (Wildman–Crippen MR) is 105 cm³/mol. The van der Waals surface area contributed by atoms with Crippen LogP contribution in [0.2, 0.25) is 0 Å². The van der Waals surface area contributed by atoms with Gasteiger partial charge in [0.25, 0.3) is 0 Å². The van der Waals surface area contributed by atoms with E-state index in [1.54, 1.807) is 0 Å². The summed E-state index contributed by atoms with van der Waals surface area (Å²) in [4.78, 5) is 23.7. The molecule has 1 heterocycles. The number of amides is 1. The molecule has 0 radical (unpaired) electrons. The van der Waals surface area contributed by atoms with Crippen molar-refractivity contribution in [2.75, 3.05) is 19.8 Å². The number of ether oxygens (including phenoxy) is 1. The summed E-state index contributed by atoms with van der Waals surface area (Å²) in [5, 5.41) is 14.7. The lowest BCUT2D eigenvalue weighted by molar-refractivity contribution is -0.145. The summed E-state index contributed by atoms with van der Waals surface area (Å²) in [5.74, 6) is -1.36. The van der Waals surface area contributed by atoms with Gasteiger partial charge in [0, 0.05) is 26.2 Å². The Hall–Kier alpha value is -2.40. The Labute approximate surface area is 159 Å². The normalized spacial score (nSPS) is 16.1. The number of carbonyl (C=O) groups is 2. The van der Waals surface area contributed by atoms with E-state index in [0.717, 1.165) is 25.7 Å². The molecule has 1 saturated heterocycles. The van der Waals surface area contributed by atoms with Gasteiger partial charge in [-0.2, -0.15) is 0 Å². The Kier molecular flexibility index (Phi) is 6.82. The molecule has 2 N–H and O–H groups in total. The van der Waals surface area contributed by atoms with Crippen molar-refractivity contribution in [2.45, 2.75) is 32.1 Å². The first-order chi connectivity index (χ1) is 13.1. The van der Waals surface area contributed by atoms with E-state index in [1.165, 1.54) is 16.3 Å². The van der Waals surface area contributed by atoms with Crippen LogP contribution >= 0.6 is 0 Å². The number of benzene rings is 2. The highest BCUT2D eigenvalue weighted by Gasteiger charge is 2.29. The van der Waals surface area contributed by atoms with Crippen molar-refractivity contribution in [3.05, 3.63) is 48.0 Å². The van der Waals surface area contributed by atoms with Gasteiger partial charge in [-0.15, -0.1) is 0 Å². The van der Waals surface area contributed by atoms with E-state index in [1.807, 2.05) is 12.1 Å². The molecular weight excluding hydrogens is 342 g/mol. The van der Waals surface area contributed by atoms with Gasteiger partial charge in [0.15, 0.2) is 0 Å². The topological polar surface area (TPSA) is 75.6 Å². The van der Waals surface area contributed by atoms with Crippen molar-refractivity contribution in [1.29, 1.82) is 0 Å². The molecule has 0 aromatic heterocycles. The largest absolute Gasteiger partial charge is 0.481 e. The van der Waals surface area contributed by atoms with Crippen LogP contribution in [0.15, 0.2) is 42.5 Å². The molecule has 5 nitrogen and oxygen atoms in total. The fraction of sp³-hybridized carbons (Fsp3) is 0.455. The smallest absolute Gasteiger partial charge is 0.308 e. The van der Waals surface area contributed by atoms with Gasteiger partial charge >= 0.3 is 5.97 Å². The second kappa shape index (κ2) is 9.51. The van der Waals surface area contributed by atoms with Gasteiger partial charge < -0.3 is 15.2 Å². The van der Waals surface area contributed by atoms with Gasteiger partial charge in [-0.05, 0) is 47.9 Å². The number of carbonyl (C=O) groups excluding carboxylic acids is 1. The monoisotopic (exact) mass is 369 g/mol. The van der Waals surface area contributed by atoms with E-state index in [-0.39, 0.29) is 18.4 Å². The third-order valence-corrected chi connectivity index (χ3v) is 5.35. The molecule has 0 bridgehead atoms. The van der Waals surface area contributed by atoms with E-state index < -0.39 is 11.9 Å². The van der Waals surface area contributed by atoms with Gasteiger partial charge in [-0.3, -0.25) is 9.59 Å². The van der Waals surface area contributed by atoms with Crippen LogP contribution in [-0.4, -0.2) is 36.7 Å². The molecule has 2 aromatic carbocycles. The maximum absolute atomic E-state index is 12.1. The van der Waals surface area contributed by atoms with Gasteiger partial charge in [0.1, 0.15) is 0 Å². The van der Waals surface area contributed by atoms with Crippen molar-refractivity contribution >= 4 is 22.6 Å². The molecule has 27 heavy (non-hydrogen) atoms. The number of fused-ring (bicyclic) bond motifs is 1. The molecule has 1 atom stereocenters. The SMILES string of the molecule is O=C(CCCc1ccc2ccccc2c1)NCC(C(=O)O)C1CCOCC1. The predicted octanol–water partition coefficient (Wildman–Crippen LogP) is 3.41. The van der Waals surface area contributed by atoms with Crippen LogP contribution in [-0.2, 0) is 20.7 Å². The van der Waals surface area contributed by atoms with Crippen LogP contribution in [0.5, 0.6) is 0 Å². The molecule has 0 saturated carbocycles. The number of aryl methyl sites for hydroxylation is 1. The fourth-order valence-electron chi connectivity index (χ4n) is 3.73. The average Bonchev–Trinajstić information content (AvgIpc) is 2.68. The number of carboxylic acid groups (broad SMARTS) is 1. The van der Waals surface area contributed by atoms with E-state index in [2.05, 4.69) is 35.6 Å². The molecular formula is C22H27NO4. The number of aliphatic carboxylic acids is 1. The Morgan fingerprint density at radius 1 is 1.11 bits per heavy atom. The molecule has 1 amide bonds. The second-order valence-corrected chi connectivity index (χ2v) is 7.23. The molecule has 144 valence electrons. The highest BCUT2D eigenvalue weighted by molar-refractivity contribution is 5.83. The van der Waals surface area contributed by atoms with Gasteiger partial charge in [-0.25, -0.2) is 0 Å². The summed E-state index contributed by atoms with van der Waals surface area (Å²) in [6, 6.07) is 14.6. The number of nitrogens with one attached hydrogen (secondary N) is 1. The first-order valence-electron chi connectivity index (χ1n) is 9.68. The molecule has 5 heteroatoms. The Morgan fingerprint density at radius 3 is 2.59 bits per heavy atom. The molecule has 1 unspecified atom stereocenters. The minimum absolute atomic E-state index is 0.0749. The van der Waals surface area contributed by atoms with Crippen molar-refractivity contribution in [3.63, 3.8) is 0 Å². The third kappa shape index (κ3) is 5.54. The number of hydrogen-bond donors (Lipinski definition) is 2. The van der Waals surface area contributed by atoms with Crippen LogP contribution in [0.4, 0.5) is 0 Å². The van der Waals surface area contributed by atoms with Crippen LogP contribution < -0.4 is 5.32 Å². The molecule has 1 aliphatic heterocycles. The maximum Gasteiger partial charge on any atom is 0.308 e. The zero-order valence-electron chi connectivity index (χ0n) is 15.5. The summed E-state index contributed by atoms with van der Waals surface area (Å²) in [6.07, 6.45) is 3.48. The van der Waals surface area contributed by atoms with Crippen molar-refractivity contribution in [2.24, 2.45) is 11.8 Å². The standard InChI is InChI=1S/C22H27NO4/c24-21(23-15-20(22(25)26)18-10-12-27-13-11-18)7-3-4-16-8-9-17-5-1-2-6-19(17)14-16/h1-2,5-6,8-9,14,18,20H,3-4,7,10-13,15H2,(H,23,24)(H,25,26). The summed E-state index contributed by atoms with van der Waals surface area (Å²) in [5.41, 5.74) is 1.21. The Balaban J connectivity index is 1.43. The number of rotatable bonds is 8. The summed E-state index contributed by atoms with van der Waals surface area (Å²) in [6.45, 7) is 1.41. The van der Waals surface area contributed by atoms with Crippen molar-refractivity contribution in [1.82, 2.24) is 5.32 Å². The van der Waals surface area contributed by atoms with E-state index >= 15 is 0 Å². The van der Waals surface area contributed by atoms with Crippen LogP contribution in [0, 0.1) is 11.8 Å². The van der Waals surface area contributed by atoms with Crippen LogP contribution in [0.3, 0.4) is 0 Å². The first-order valence-corrected chi connectivity index (χ1v) is 9.68. The Bertz CT molecular complexity index is 783. The molecule has 3 rings (SSSR count). The molecule has 0 spiro atoms. The fourth-order valence-corrected chi connectivity index (χ4v) is 3.73. The average molecular weight is 369 g/mol. The van der Waals surface area contributed by atoms with Crippen LogP contribution in [0.1, 0.15) is 31.2 Å². The minimum atomic E-state index is -0.835. The van der Waals surface area contributed by atoms with Crippen LogP contribution in [0.25, 0.3) is 10.8 Å². The van der Waals surface area contributed by atoms with Crippen molar-refractivity contribution in [3.8, 4) is 0 Å². The molecule has 1 fully saturated rings.